The van der Waals surface area contributed by atoms with Gasteiger partial charge in [0.2, 0.25) is 0 Å². The number of likely N-dealkylation sites (N-methyl/N-ethyl adjacent to an activating group) is 1. The molecule has 0 N–H and O–H groups in total. The van der Waals surface area contributed by atoms with Crippen LogP contribution in [0.4, 0.5) is 0 Å². The fourth-order valence-electron chi connectivity index (χ4n) is 3.41. The van der Waals surface area contributed by atoms with Crippen LogP contribution in [0, 0.1) is 0 Å². The minimum atomic E-state index is -0.213. The van der Waals surface area contributed by atoms with Gasteiger partial charge in [-0.05, 0) is 12.0 Å². The number of hydrogen-bond donors (Lipinski definition) is 0. The van der Waals surface area contributed by atoms with Crippen LogP contribution in [0.5, 0.6) is 0 Å². The molecule has 1 heterocycles. The summed E-state index contributed by atoms with van der Waals surface area (Å²) in [7, 11) is 2.21. The highest BCUT2D eigenvalue weighted by Crippen LogP contribution is 2.13. The van der Waals surface area contributed by atoms with Gasteiger partial charge in [-0.15, -0.1) is 0 Å². The van der Waals surface area contributed by atoms with Crippen LogP contribution < -0.4 is 24.0 Å². The largest absolute Gasteiger partial charge is 1.00 e. The van der Waals surface area contributed by atoms with Crippen LogP contribution in [0.3, 0.4) is 0 Å². The molecule has 1 aromatic rings. The first-order chi connectivity index (χ1) is 13.1. The number of benzene rings is 1. The number of halogens is 1. The Balaban J connectivity index is 0.00000392. The predicted molar refractivity (Wildman–Crippen MR) is 106 cm³/mol. The lowest BCUT2D eigenvalue weighted by Crippen LogP contribution is -3.00. The molecule has 1 aliphatic heterocycles. The Labute approximate surface area is 187 Å². The van der Waals surface area contributed by atoms with Gasteiger partial charge < -0.3 is 42.7 Å². The molecule has 0 aromatic heterocycles. The van der Waals surface area contributed by atoms with E-state index in [1.54, 1.807) is 0 Å². The molecule has 1 saturated heterocycles. The maximum atomic E-state index is 12.3. The van der Waals surface area contributed by atoms with E-state index >= 15 is 0 Å². The third-order valence-corrected chi connectivity index (χ3v) is 5.14. The number of carbonyl (C=O) groups is 1. The van der Waals surface area contributed by atoms with Gasteiger partial charge in [0.25, 0.3) is 0 Å². The minimum absolute atomic E-state index is 0. The van der Waals surface area contributed by atoms with Crippen molar-refractivity contribution in [1.29, 1.82) is 0 Å². The first-order valence-electron chi connectivity index (χ1n) is 10.3. The van der Waals surface area contributed by atoms with Gasteiger partial charge >= 0.3 is 5.97 Å². The molecule has 1 fully saturated rings. The molecular formula is C22H36INO4. The number of morpholine rings is 1. The van der Waals surface area contributed by atoms with E-state index in [0.717, 1.165) is 55.7 Å². The van der Waals surface area contributed by atoms with Crippen LogP contribution in [0.1, 0.15) is 44.6 Å². The lowest BCUT2D eigenvalue weighted by atomic mass is 10.1. The van der Waals surface area contributed by atoms with E-state index < -0.39 is 0 Å². The van der Waals surface area contributed by atoms with Gasteiger partial charge in [-0.25, -0.2) is 0 Å². The number of nitrogens with zero attached hydrogens (tertiary/aromatic N) is 1. The minimum Gasteiger partial charge on any atom is -1.00 e. The van der Waals surface area contributed by atoms with Crippen LogP contribution in [-0.4, -0.2) is 63.1 Å². The molecule has 1 unspecified atom stereocenters. The average Bonchev–Trinajstić information content (AvgIpc) is 2.66. The van der Waals surface area contributed by atoms with Crippen molar-refractivity contribution >= 4 is 5.97 Å². The number of rotatable bonds is 12. The molecule has 28 heavy (non-hydrogen) atoms. The first-order valence-corrected chi connectivity index (χ1v) is 10.3. The van der Waals surface area contributed by atoms with E-state index in [2.05, 4.69) is 14.0 Å². The summed E-state index contributed by atoms with van der Waals surface area (Å²) in [6, 6.07) is 10.1. The summed E-state index contributed by atoms with van der Waals surface area (Å²) in [5.41, 5.74) is 1.13. The van der Waals surface area contributed by atoms with Crippen LogP contribution in [-0.2, 0) is 25.6 Å². The second kappa shape index (κ2) is 14.3. The molecule has 0 spiro atoms. The number of carbonyl (C=O) groups excluding carboxylic acids is 1. The molecule has 1 atom stereocenters. The van der Waals surface area contributed by atoms with Gasteiger partial charge in [0.15, 0.2) is 6.10 Å². The Morgan fingerprint density at radius 2 is 1.86 bits per heavy atom. The molecule has 0 amide bonds. The van der Waals surface area contributed by atoms with E-state index in [9.17, 15) is 4.79 Å². The highest BCUT2D eigenvalue weighted by Gasteiger charge is 2.31. The molecule has 0 bridgehead atoms. The van der Waals surface area contributed by atoms with Gasteiger partial charge in [0, 0.05) is 6.42 Å². The Bertz CT molecular complexity index is 535. The number of unbranched alkanes of at least 4 members (excludes halogenated alkanes) is 3. The van der Waals surface area contributed by atoms with Crippen molar-refractivity contribution in [2.45, 2.75) is 51.7 Å². The second-order valence-corrected chi connectivity index (χ2v) is 7.78. The van der Waals surface area contributed by atoms with Gasteiger partial charge in [-0.3, -0.25) is 4.79 Å². The molecule has 160 valence electrons. The number of quaternary nitrogens is 1. The third-order valence-electron chi connectivity index (χ3n) is 5.14. The summed E-state index contributed by atoms with van der Waals surface area (Å²) >= 11 is 0. The Hall–Kier alpha value is -0.700. The van der Waals surface area contributed by atoms with Crippen molar-refractivity contribution in [3.63, 3.8) is 0 Å². The van der Waals surface area contributed by atoms with Crippen molar-refractivity contribution in [2.75, 3.05) is 46.5 Å². The first kappa shape index (κ1) is 25.3. The molecule has 6 heteroatoms. The Kier molecular flexibility index (Phi) is 12.9. The van der Waals surface area contributed by atoms with E-state index in [0.29, 0.717) is 19.6 Å². The summed E-state index contributed by atoms with van der Waals surface area (Å²) in [5, 5.41) is 0. The van der Waals surface area contributed by atoms with Crippen molar-refractivity contribution < 1.29 is 47.5 Å². The monoisotopic (exact) mass is 505 g/mol. The highest BCUT2D eigenvalue weighted by atomic mass is 127. The van der Waals surface area contributed by atoms with Crippen LogP contribution in [0.2, 0.25) is 0 Å². The summed E-state index contributed by atoms with van der Waals surface area (Å²) in [5.74, 6) is -0.0979. The van der Waals surface area contributed by atoms with Crippen molar-refractivity contribution in [2.24, 2.45) is 0 Å². The van der Waals surface area contributed by atoms with Crippen molar-refractivity contribution in [3.8, 4) is 0 Å². The molecule has 0 saturated carbocycles. The predicted octanol–water partition coefficient (Wildman–Crippen LogP) is 0.566. The summed E-state index contributed by atoms with van der Waals surface area (Å²) in [6.07, 6.45) is 4.63. The Morgan fingerprint density at radius 1 is 1.14 bits per heavy atom. The highest BCUT2D eigenvalue weighted by molar-refractivity contribution is 5.69. The van der Waals surface area contributed by atoms with E-state index in [4.69, 9.17) is 14.2 Å². The van der Waals surface area contributed by atoms with E-state index in [1.165, 1.54) is 12.8 Å². The zero-order valence-corrected chi connectivity index (χ0v) is 19.6. The van der Waals surface area contributed by atoms with Crippen LogP contribution >= 0.6 is 0 Å². The van der Waals surface area contributed by atoms with Crippen molar-refractivity contribution in [1.82, 2.24) is 0 Å². The average molecular weight is 505 g/mol. The fourth-order valence-corrected chi connectivity index (χ4v) is 3.41. The maximum Gasteiger partial charge on any atom is 0.306 e. The van der Waals surface area contributed by atoms with E-state index in [-0.39, 0.29) is 36.0 Å². The fraction of sp³-hybridized carbons (Fsp3) is 0.682. The number of esters is 1. The number of hydrogen-bond acceptors (Lipinski definition) is 4. The smallest absolute Gasteiger partial charge is 0.306 e. The molecular weight excluding hydrogens is 469 g/mol. The summed E-state index contributed by atoms with van der Waals surface area (Å²) < 4.78 is 18.1. The van der Waals surface area contributed by atoms with E-state index in [1.807, 2.05) is 30.3 Å². The van der Waals surface area contributed by atoms with Gasteiger partial charge in [-0.1, -0.05) is 56.5 Å². The Morgan fingerprint density at radius 3 is 2.54 bits per heavy atom. The molecule has 0 aliphatic carbocycles. The van der Waals surface area contributed by atoms with Gasteiger partial charge in [0.1, 0.15) is 19.6 Å². The quantitative estimate of drug-likeness (QED) is 0.180. The lowest BCUT2D eigenvalue weighted by molar-refractivity contribution is -0.919. The van der Waals surface area contributed by atoms with Gasteiger partial charge in [0.05, 0.1) is 33.5 Å². The topological polar surface area (TPSA) is 44.8 Å². The summed E-state index contributed by atoms with van der Waals surface area (Å²) in [4.78, 5) is 12.3. The third kappa shape index (κ3) is 10.2. The molecule has 1 aromatic carbocycles. The van der Waals surface area contributed by atoms with Crippen molar-refractivity contribution in [3.05, 3.63) is 35.9 Å². The number of ether oxygens (including phenoxy) is 3. The van der Waals surface area contributed by atoms with Crippen LogP contribution in [0.15, 0.2) is 30.3 Å². The summed E-state index contributed by atoms with van der Waals surface area (Å²) in [6.45, 7) is 7.34. The van der Waals surface area contributed by atoms with Gasteiger partial charge in [-0.2, -0.15) is 0 Å². The SMILES string of the molecule is CCCCCCC(=O)OC(COCc1ccccc1)C[N+]1(C)CCOCC1.[I-]. The molecule has 2 rings (SSSR count). The maximum absolute atomic E-state index is 12.3. The second-order valence-electron chi connectivity index (χ2n) is 7.78. The van der Waals surface area contributed by atoms with Crippen LogP contribution in [0.25, 0.3) is 0 Å². The molecule has 0 radical (unpaired) electrons. The normalized spacial score (nSPS) is 16.8. The molecule has 1 aliphatic rings. The molecule has 5 nitrogen and oxygen atoms in total. The zero-order valence-electron chi connectivity index (χ0n) is 17.4. The lowest BCUT2D eigenvalue weighted by Gasteiger charge is -2.39. The standard InChI is InChI=1S/C22H36NO4.HI/c1-3-4-5-9-12-22(24)27-21(17-23(2)13-15-25-16-14-23)19-26-18-20-10-7-6-8-11-20;/h6-8,10-11,21H,3-5,9,12-19H2,1-2H3;1H/q+1;/p-1. The zero-order chi connectivity index (χ0) is 19.4.